The van der Waals surface area contributed by atoms with Gasteiger partial charge in [-0.25, -0.2) is 0 Å². The number of benzene rings is 1. The number of carboxylic acid groups (broad SMARTS) is 1. The summed E-state index contributed by atoms with van der Waals surface area (Å²) >= 11 is 0. The molecule has 0 heterocycles. The smallest absolute Gasteiger partial charge is 0.303 e. The molecule has 0 spiro atoms. The third-order valence-corrected chi connectivity index (χ3v) is 3.56. The highest BCUT2D eigenvalue weighted by molar-refractivity contribution is 5.68. The molecule has 2 rings (SSSR count). The Morgan fingerprint density at radius 2 is 2.29 bits per heavy atom. The zero-order valence-corrected chi connectivity index (χ0v) is 10.3. The predicted molar refractivity (Wildman–Crippen MR) is 65.7 cm³/mol. The minimum Gasteiger partial charge on any atom is -0.496 e. The Labute approximate surface area is 101 Å². The van der Waals surface area contributed by atoms with Gasteiger partial charge in [0.15, 0.2) is 0 Å². The SMILES string of the molecule is COc1ccc(C)c2c1CCCC2CC(=O)O. The van der Waals surface area contributed by atoms with Gasteiger partial charge in [0.1, 0.15) is 5.75 Å². The molecule has 0 saturated carbocycles. The van der Waals surface area contributed by atoms with E-state index in [1.165, 1.54) is 16.7 Å². The molecular formula is C14H18O3. The first kappa shape index (κ1) is 12.0. The molecule has 1 aromatic carbocycles. The Bertz CT molecular complexity index is 437. The van der Waals surface area contributed by atoms with Gasteiger partial charge in [-0.1, -0.05) is 6.07 Å². The Hall–Kier alpha value is -1.51. The van der Waals surface area contributed by atoms with Gasteiger partial charge >= 0.3 is 5.97 Å². The van der Waals surface area contributed by atoms with Crippen LogP contribution in [0.4, 0.5) is 0 Å². The highest BCUT2D eigenvalue weighted by Gasteiger charge is 2.26. The zero-order valence-electron chi connectivity index (χ0n) is 10.3. The van der Waals surface area contributed by atoms with Crippen LogP contribution in [0.15, 0.2) is 12.1 Å². The fourth-order valence-electron chi connectivity index (χ4n) is 2.86. The van der Waals surface area contributed by atoms with Crippen LogP contribution in [0.25, 0.3) is 0 Å². The van der Waals surface area contributed by atoms with E-state index >= 15 is 0 Å². The van der Waals surface area contributed by atoms with Crippen molar-refractivity contribution >= 4 is 5.97 Å². The van der Waals surface area contributed by atoms with Crippen molar-refractivity contribution < 1.29 is 14.6 Å². The van der Waals surface area contributed by atoms with Crippen molar-refractivity contribution in [2.45, 2.75) is 38.5 Å². The molecule has 1 N–H and O–H groups in total. The van der Waals surface area contributed by atoms with Crippen LogP contribution in [0.1, 0.15) is 41.9 Å². The molecule has 0 aliphatic heterocycles. The molecule has 1 aromatic rings. The molecule has 1 aliphatic rings. The van der Waals surface area contributed by atoms with Gasteiger partial charge in [0, 0.05) is 0 Å². The standard InChI is InChI=1S/C14H18O3/c1-9-6-7-12(17-2)11-5-3-4-10(14(9)11)8-13(15)16/h6-7,10H,3-5,8H2,1-2H3,(H,15,16). The predicted octanol–water partition coefficient (Wildman–Crippen LogP) is 2.90. The number of carbonyl (C=O) groups is 1. The number of carboxylic acids is 1. The Kier molecular flexibility index (Phi) is 3.36. The van der Waals surface area contributed by atoms with Gasteiger partial charge in [-0.15, -0.1) is 0 Å². The maximum Gasteiger partial charge on any atom is 0.303 e. The van der Waals surface area contributed by atoms with Gasteiger partial charge in [0.25, 0.3) is 0 Å². The quantitative estimate of drug-likeness (QED) is 0.874. The molecule has 3 heteroatoms. The van der Waals surface area contributed by atoms with Crippen molar-refractivity contribution in [2.24, 2.45) is 0 Å². The fraction of sp³-hybridized carbons (Fsp3) is 0.500. The molecule has 3 nitrogen and oxygen atoms in total. The van der Waals surface area contributed by atoms with Crippen LogP contribution < -0.4 is 4.74 Å². The maximum atomic E-state index is 10.9. The van der Waals surface area contributed by atoms with Gasteiger partial charge in [0.2, 0.25) is 0 Å². The van der Waals surface area contributed by atoms with E-state index in [1.54, 1.807) is 7.11 Å². The summed E-state index contributed by atoms with van der Waals surface area (Å²) < 4.78 is 5.37. The molecule has 1 unspecified atom stereocenters. The van der Waals surface area contributed by atoms with Crippen molar-refractivity contribution in [2.75, 3.05) is 7.11 Å². The average Bonchev–Trinajstić information content (AvgIpc) is 2.29. The highest BCUT2D eigenvalue weighted by atomic mass is 16.5. The molecule has 0 amide bonds. The van der Waals surface area contributed by atoms with Crippen molar-refractivity contribution in [1.29, 1.82) is 0 Å². The maximum absolute atomic E-state index is 10.9. The van der Waals surface area contributed by atoms with E-state index in [0.717, 1.165) is 25.0 Å². The van der Waals surface area contributed by atoms with Gasteiger partial charge in [-0.3, -0.25) is 4.79 Å². The number of methoxy groups -OCH3 is 1. The van der Waals surface area contributed by atoms with Gasteiger partial charge in [-0.05, 0) is 54.9 Å². The van der Waals surface area contributed by atoms with Crippen molar-refractivity contribution in [3.8, 4) is 5.75 Å². The molecule has 0 radical (unpaired) electrons. The summed E-state index contributed by atoms with van der Waals surface area (Å²) in [6.07, 6.45) is 3.23. The Morgan fingerprint density at radius 3 is 2.94 bits per heavy atom. The number of rotatable bonds is 3. The molecule has 17 heavy (non-hydrogen) atoms. The summed E-state index contributed by atoms with van der Waals surface area (Å²) in [5.74, 6) is 0.331. The molecule has 0 saturated heterocycles. The first-order chi connectivity index (χ1) is 8.13. The van der Waals surface area contributed by atoms with Crippen LogP contribution in [0.5, 0.6) is 5.75 Å². The van der Waals surface area contributed by atoms with E-state index in [0.29, 0.717) is 0 Å². The van der Waals surface area contributed by atoms with Crippen LogP contribution in [0.2, 0.25) is 0 Å². The summed E-state index contributed by atoms with van der Waals surface area (Å²) in [6.45, 7) is 2.05. The second-order valence-electron chi connectivity index (χ2n) is 4.66. The summed E-state index contributed by atoms with van der Waals surface area (Å²) in [6, 6.07) is 4.01. The molecule has 92 valence electrons. The lowest BCUT2D eigenvalue weighted by Crippen LogP contribution is -2.15. The molecule has 0 fully saturated rings. The van der Waals surface area contributed by atoms with Crippen molar-refractivity contribution in [3.05, 3.63) is 28.8 Å². The first-order valence-corrected chi connectivity index (χ1v) is 6.01. The summed E-state index contributed by atoms with van der Waals surface area (Å²) in [5, 5.41) is 8.98. The van der Waals surface area contributed by atoms with E-state index < -0.39 is 5.97 Å². The van der Waals surface area contributed by atoms with E-state index in [1.807, 2.05) is 12.1 Å². The van der Waals surface area contributed by atoms with Gasteiger partial charge in [0.05, 0.1) is 13.5 Å². The normalized spacial score (nSPS) is 18.6. The topological polar surface area (TPSA) is 46.5 Å². The minimum absolute atomic E-state index is 0.145. The molecule has 1 atom stereocenters. The Balaban J connectivity index is 2.45. The average molecular weight is 234 g/mol. The number of ether oxygens (including phenoxy) is 1. The van der Waals surface area contributed by atoms with Crippen molar-refractivity contribution in [3.63, 3.8) is 0 Å². The Morgan fingerprint density at radius 1 is 1.53 bits per heavy atom. The lowest BCUT2D eigenvalue weighted by atomic mass is 9.78. The van der Waals surface area contributed by atoms with Crippen LogP contribution in [0, 0.1) is 6.92 Å². The van der Waals surface area contributed by atoms with Crippen LogP contribution in [0.3, 0.4) is 0 Å². The van der Waals surface area contributed by atoms with E-state index in [4.69, 9.17) is 9.84 Å². The largest absolute Gasteiger partial charge is 0.496 e. The summed E-state index contributed by atoms with van der Waals surface area (Å²) in [5.41, 5.74) is 3.61. The molecular weight excluding hydrogens is 216 g/mol. The number of hydrogen-bond acceptors (Lipinski definition) is 2. The van der Waals surface area contributed by atoms with E-state index in [9.17, 15) is 4.79 Å². The second-order valence-corrected chi connectivity index (χ2v) is 4.66. The van der Waals surface area contributed by atoms with Crippen LogP contribution >= 0.6 is 0 Å². The van der Waals surface area contributed by atoms with Gasteiger partial charge < -0.3 is 9.84 Å². The number of aliphatic carboxylic acids is 1. The molecule has 0 aromatic heterocycles. The highest BCUT2D eigenvalue weighted by Crippen LogP contribution is 2.40. The second kappa shape index (κ2) is 4.78. The fourth-order valence-corrected chi connectivity index (χ4v) is 2.86. The van der Waals surface area contributed by atoms with Crippen molar-refractivity contribution in [1.82, 2.24) is 0 Å². The monoisotopic (exact) mass is 234 g/mol. The van der Waals surface area contributed by atoms with E-state index in [-0.39, 0.29) is 12.3 Å². The lowest BCUT2D eigenvalue weighted by molar-refractivity contribution is -0.137. The number of fused-ring (bicyclic) bond motifs is 1. The minimum atomic E-state index is -0.718. The first-order valence-electron chi connectivity index (χ1n) is 6.01. The van der Waals surface area contributed by atoms with Gasteiger partial charge in [-0.2, -0.15) is 0 Å². The molecule has 0 bridgehead atoms. The summed E-state index contributed by atoms with van der Waals surface area (Å²) in [7, 11) is 1.67. The third kappa shape index (κ3) is 2.28. The zero-order chi connectivity index (χ0) is 12.4. The van der Waals surface area contributed by atoms with Crippen LogP contribution in [-0.4, -0.2) is 18.2 Å². The third-order valence-electron chi connectivity index (χ3n) is 3.56. The van der Waals surface area contributed by atoms with E-state index in [2.05, 4.69) is 6.92 Å². The summed E-state index contributed by atoms with van der Waals surface area (Å²) in [4.78, 5) is 10.9. The number of aryl methyl sites for hydroxylation is 1. The molecule has 1 aliphatic carbocycles. The lowest BCUT2D eigenvalue weighted by Gasteiger charge is -2.27. The van der Waals surface area contributed by atoms with Crippen LogP contribution in [-0.2, 0) is 11.2 Å². The number of hydrogen-bond donors (Lipinski definition) is 1.